The summed E-state index contributed by atoms with van der Waals surface area (Å²) in [6.45, 7) is 4.34. The van der Waals surface area contributed by atoms with E-state index in [1.807, 2.05) is 30.5 Å². The molecule has 3 heterocycles. The summed E-state index contributed by atoms with van der Waals surface area (Å²) < 4.78 is 9.33. The number of pyridine rings is 1. The molecule has 13 rings (SSSR count). The van der Waals surface area contributed by atoms with Crippen LogP contribution in [0.2, 0.25) is 0 Å². The van der Waals surface area contributed by atoms with Gasteiger partial charge in [0.05, 0.1) is 0 Å². The first-order valence-corrected chi connectivity index (χ1v) is 24.3. The third-order valence-electron chi connectivity index (χ3n) is 13.7. The molecule has 0 unspecified atom stereocenters. The zero-order valence-electron chi connectivity index (χ0n) is 39.8. The molecule has 0 bridgehead atoms. The molecule has 0 atom stereocenters. The van der Waals surface area contributed by atoms with Crippen molar-refractivity contribution < 1.29 is 25.8 Å². The number of ether oxygens (including phenoxy) is 1. The second kappa shape index (κ2) is 19.4. The Hall–Kier alpha value is -8.76. The van der Waals surface area contributed by atoms with Crippen LogP contribution in [-0.2, 0) is 21.1 Å². The molecule has 6 heteroatoms. The second-order valence-electron chi connectivity index (χ2n) is 18.1. The Morgan fingerprint density at radius 1 is 0.438 bits per heavy atom. The molecule has 0 N–H and O–H groups in total. The summed E-state index contributed by atoms with van der Waals surface area (Å²) in [5.74, 6) is 1.96. The van der Waals surface area contributed by atoms with Crippen LogP contribution in [0.4, 0.5) is 22.7 Å². The van der Waals surface area contributed by atoms with E-state index in [9.17, 15) is 0 Å². The van der Waals surface area contributed by atoms with Crippen molar-refractivity contribution in [2.45, 2.75) is 6.92 Å². The summed E-state index contributed by atoms with van der Waals surface area (Å²) in [5, 5.41) is 2.15. The van der Waals surface area contributed by atoms with Gasteiger partial charge < -0.3 is 19.1 Å². The summed E-state index contributed by atoms with van der Waals surface area (Å²) in [5.41, 5.74) is 18.1. The van der Waals surface area contributed by atoms with Gasteiger partial charge in [0.25, 0.3) is 0 Å². The molecule has 73 heavy (non-hydrogen) atoms. The zero-order valence-corrected chi connectivity index (χ0v) is 42.0. The van der Waals surface area contributed by atoms with Crippen LogP contribution < -0.4 is 14.5 Å². The Bertz CT molecular complexity index is 3880. The van der Waals surface area contributed by atoms with Crippen LogP contribution in [0.25, 0.3) is 83.3 Å². The molecular formula is C67H45N4OPt-3. The summed E-state index contributed by atoms with van der Waals surface area (Å²) in [7, 11) is 0. The standard InChI is InChI=1S/C67H45N4O.Pt/c1-46-39-66(68-44-60(46)51-29-15-6-16-30-51)71-61-38-37-52(47-21-7-2-8-22-47)40-58(61)59-42-57(50-27-13-5-14-28-50)65(43-64(59)71)72-54-32-19-31-53(41-54)69-45-70(63-36-18-17-35-62(63)69)67-55(48-23-9-3-10-24-48)33-20-34-56(67)49-25-11-4-12-26-49;/h2-40,42,44-45H,1H3;/q-3;. The first-order valence-electron chi connectivity index (χ1n) is 24.3. The van der Waals surface area contributed by atoms with E-state index >= 15 is 0 Å². The average molecular weight is 1120 g/mol. The van der Waals surface area contributed by atoms with Gasteiger partial charge in [-0.3, -0.25) is 0 Å². The topological polar surface area (TPSA) is 33.5 Å². The first kappa shape index (κ1) is 45.4. The number of para-hydroxylation sites is 3. The number of rotatable bonds is 10. The Balaban J connectivity index is 0.00000543. The van der Waals surface area contributed by atoms with E-state index in [2.05, 4.69) is 258 Å². The molecule has 1 aliphatic rings. The van der Waals surface area contributed by atoms with Crippen molar-refractivity contribution in [3.63, 3.8) is 0 Å². The van der Waals surface area contributed by atoms with E-state index in [4.69, 9.17) is 9.72 Å². The summed E-state index contributed by atoms with van der Waals surface area (Å²) in [6, 6.07) is 92.6. The van der Waals surface area contributed by atoms with Crippen molar-refractivity contribution in [1.82, 2.24) is 9.55 Å². The number of fused-ring (bicyclic) bond motifs is 4. The predicted octanol–water partition coefficient (Wildman–Crippen LogP) is 17.6. The van der Waals surface area contributed by atoms with Crippen molar-refractivity contribution in [1.29, 1.82) is 0 Å². The number of aromatic nitrogens is 2. The monoisotopic (exact) mass is 1120 g/mol. The molecule has 0 saturated heterocycles. The molecule has 0 aliphatic carbocycles. The quantitative estimate of drug-likeness (QED) is 0.128. The molecule has 0 amide bonds. The second-order valence-corrected chi connectivity index (χ2v) is 18.1. The van der Waals surface area contributed by atoms with Crippen molar-refractivity contribution in [2.75, 3.05) is 9.80 Å². The van der Waals surface area contributed by atoms with Crippen LogP contribution in [0.5, 0.6) is 11.5 Å². The minimum atomic E-state index is 0. The van der Waals surface area contributed by atoms with E-state index in [0.717, 1.165) is 112 Å². The van der Waals surface area contributed by atoms with Gasteiger partial charge in [-0.2, -0.15) is 12.1 Å². The predicted molar refractivity (Wildman–Crippen MR) is 296 cm³/mol. The van der Waals surface area contributed by atoms with Crippen molar-refractivity contribution >= 4 is 44.6 Å². The summed E-state index contributed by atoms with van der Waals surface area (Å²) in [4.78, 5) is 9.69. The first-order chi connectivity index (χ1) is 35.6. The maximum atomic E-state index is 7.11. The van der Waals surface area contributed by atoms with Crippen LogP contribution in [0.3, 0.4) is 0 Å². The number of hydrogen-bond acceptors (Lipinski definition) is 4. The van der Waals surface area contributed by atoms with Gasteiger partial charge in [-0.05, 0) is 70.0 Å². The van der Waals surface area contributed by atoms with E-state index in [0.29, 0.717) is 11.5 Å². The third-order valence-corrected chi connectivity index (χ3v) is 13.7. The van der Waals surface area contributed by atoms with Gasteiger partial charge in [0, 0.05) is 78.0 Å². The number of aryl methyl sites for hydroxylation is 1. The molecule has 0 fully saturated rings. The maximum absolute atomic E-state index is 7.11. The SMILES string of the molecule is Cc1cc(-n2c3[c-]c(Oc4[c-]c(N5[CH-]N(c6c(-c7ccccc7)cccc6-c6ccccc6)c6ccccc65)ccc4)c(-c4ccccc4)cc3c3cc(-c4ccccc4)ccc32)ncc1-c1ccccc1.[Pt]. The van der Waals surface area contributed by atoms with Crippen molar-refractivity contribution in [2.24, 2.45) is 0 Å². The fourth-order valence-corrected chi connectivity index (χ4v) is 10.2. The van der Waals surface area contributed by atoms with Crippen molar-refractivity contribution in [3.05, 3.63) is 273 Å². The summed E-state index contributed by atoms with van der Waals surface area (Å²) in [6.07, 6.45) is 1.99. The number of nitrogens with zero attached hydrogens (tertiary/aromatic N) is 4. The zero-order chi connectivity index (χ0) is 48.0. The molecule has 2 aromatic heterocycles. The van der Waals surface area contributed by atoms with Gasteiger partial charge >= 0.3 is 0 Å². The van der Waals surface area contributed by atoms with Gasteiger partial charge in [0.1, 0.15) is 5.82 Å². The molecule has 5 nitrogen and oxygen atoms in total. The van der Waals surface area contributed by atoms with Crippen LogP contribution in [-0.4, -0.2) is 9.55 Å². The summed E-state index contributed by atoms with van der Waals surface area (Å²) >= 11 is 0. The number of hydrogen-bond donors (Lipinski definition) is 0. The maximum Gasteiger partial charge on any atom is 0.135 e. The molecule has 12 aromatic rings. The molecule has 1 aliphatic heterocycles. The fourth-order valence-electron chi connectivity index (χ4n) is 10.2. The molecule has 0 spiro atoms. The molecule has 0 saturated carbocycles. The Kier molecular flexibility index (Phi) is 12.1. The normalized spacial score (nSPS) is 12.0. The fraction of sp³-hybridized carbons (Fsp3) is 0.0149. The minimum Gasteiger partial charge on any atom is -0.509 e. The van der Waals surface area contributed by atoms with Gasteiger partial charge in [-0.25, -0.2) is 4.98 Å². The van der Waals surface area contributed by atoms with Crippen molar-refractivity contribution in [3.8, 4) is 73.0 Å². The van der Waals surface area contributed by atoms with E-state index in [1.54, 1.807) is 0 Å². The average Bonchev–Trinajstić information content (AvgIpc) is 3.99. The van der Waals surface area contributed by atoms with Crippen LogP contribution >= 0.6 is 0 Å². The van der Waals surface area contributed by atoms with Gasteiger partial charge in [0.2, 0.25) is 0 Å². The van der Waals surface area contributed by atoms with Crippen LogP contribution in [0.15, 0.2) is 249 Å². The Morgan fingerprint density at radius 2 is 0.973 bits per heavy atom. The Labute approximate surface area is 440 Å². The van der Waals surface area contributed by atoms with E-state index in [1.165, 1.54) is 0 Å². The van der Waals surface area contributed by atoms with Gasteiger partial charge in [-0.1, -0.05) is 211 Å². The van der Waals surface area contributed by atoms with E-state index in [-0.39, 0.29) is 21.1 Å². The van der Waals surface area contributed by atoms with Crippen LogP contribution in [0, 0.1) is 25.7 Å². The smallest absolute Gasteiger partial charge is 0.135 e. The number of anilines is 4. The molecule has 10 aromatic carbocycles. The van der Waals surface area contributed by atoms with Gasteiger partial charge in [0.15, 0.2) is 0 Å². The minimum absolute atomic E-state index is 0. The molecule has 352 valence electrons. The van der Waals surface area contributed by atoms with Gasteiger partial charge in [-0.15, -0.1) is 42.0 Å². The number of benzene rings is 10. The Morgan fingerprint density at radius 3 is 1.58 bits per heavy atom. The molecular weight excluding hydrogens is 1070 g/mol. The van der Waals surface area contributed by atoms with E-state index < -0.39 is 0 Å². The molecule has 0 radical (unpaired) electrons. The third kappa shape index (κ3) is 8.38. The van der Waals surface area contributed by atoms with Crippen LogP contribution in [0.1, 0.15) is 5.56 Å². The largest absolute Gasteiger partial charge is 0.509 e.